The summed E-state index contributed by atoms with van der Waals surface area (Å²) in [5.41, 5.74) is 7.28. The molecule has 1 aromatic rings. The van der Waals surface area contributed by atoms with Crippen LogP contribution in [0.4, 0.5) is 0 Å². The Hall–Kier alpha value is -1.13. The molecule has 0 amide bonds. The highest BCUT2D eigenvalue weighted by Crippen LogP contribution is 2.12. The molecular weight excluding hydrogens is 226 g/mol. The average molecular weight is 249 g/mol. The first-order valence-electron chi connectivity index (χ1n) is 6.82. The van der Waals surface area contributed by atoms with E-state index in [0.29, 0.717) is 6.61 Å². The van der Waals surface area contributed by atoms with Crippen molar-refractivity contribution in [2.24, 2.45) is 5.73 Å². The van der Waals surface area contributed by atoms with Crippen LogP contribution in [0.1, 0.15) is 25.3 Å². The van der Waals surface area contributed by atoms with E-state index in [-0.39, 0.29) is 6.04 Å². The van der Waals surface area contributed by atoms with Crippen molar-refractivity contribution in [3.05, 3.63) is 24.0 Å². The van der Waals surface area contributed by atoms with Crippen LogP contribution in [0.3, 0.4) is 0 Å². The Balaban J connectivity index is 1.75. The molecule has 1 fully saturated rings. The van der Waals surface area contributed by atoms with Gasteiger partial charge in [0.15, 0.2) is 0 Å². The van der Waals surface area contributed by atoms with Gasteiger partial charge < -0.3 is 15.4 Å². The maximum absolute atomic E-state index is 6.08. The van der Waals surface area contributed by atoms with Crippen LogP contribution >= 0.6 is 0 Å². The Morgan fingerprint density at radius 1 is 1.39 bits per heavy atom. The molecule has 0 aliphatic carbocycles. The molecule has 0 radical (unpaired) electrons. The van der Waals surface area contributed by atoms with Crippen LogP contribution in [0.5, 0.6) is 5.75 Å². The van der Waals surface area contributed by atoms with Crippen LogP contribution < -0.4 is 10.5 Å². The molecule has 1 aliphatic heterocycles. The van der Waals surface area contributed by atoms with E-state index in [9.17, 15) is 0 Å². The molecule has 18 heavy (non-hydrogen) atoms. The van der Waals surface area contributed by atoms with Crippen molar-refractivity contribution in [3.63, 3.8) is 0 Å². The maximum atomic E-state index is 6.08. The summed E-state index contributed by atoms with van der Waals surface area (Å²) in [5, 5.41) is 0. The van der Waals surface area contributed by atoms with Crippen molar-refractivity contribution in [3.8, 4) is 5.75 Å². The predicted octanol–water partition coefficient (Wildman–Crippen LogP) is 1.45. The van der Waals surface area contributed by atoms with E-state index in [1.54, 1.807) is 6.20 Å². The maximum Gasteiger partial charge on any atom is 0.137 e. The van der Waals surface area contributed by atoms with Crippen molar-refractivity contribution >= 4 is 0 Å². The Morgan fingerprint density at radius 3 is 2.89 bits per heavy atom. The fourth-order valence-electron chi connectivity index (χ4n) is 2.29. The number of pyridine rings is 1. The third-order valence-corrected chi connectivity index (χ3v) is 3.33. The average Bonchev–Trinajstić information content (AvgIpc) is 2.89. The van der Waals surface area contributed by atoms with E-state index >= 15 is 0 Å². The van der Waals surface area contributed by atoms with Gasteiger partial charge in [-0.05, 0) is 44.0 Å². The molecule has 0 unspecified atom stereocenters. The minimum absolute atomic E-state index is 0.0772. The summed E-state index contributed by atoms with van der Waals surface area (Å²) in [5.74, 6) is 0.825. The number of aromatic nitrogens is 1. The van der Waals surface area contributed by atoms with E-state index in [4.69, 9.17) is 10.5 Å². The molecule has 4 heteroatoms. The van der Waals surface area contributed by atoms with E-state index in [1.807, 2.05) is 12.3 Å². The van der Waals surface area contributed by atoms with Crippen molar-refractivity contribution in [2.45, 2.75) is 32.2 Å². The van der Waals surface area contributed by atoms with Gasteiger partial charge in [0, 0.05) is 12.7 Å². The van der Waals surface area contributed by atoms with Crippen molar-refractivity contribution in [1.29, 1.82) is 0 Å². The second kappa shape index (κ2) is 6.71. The molecule has 100 valence electrons. The monoisotopic (exact) mass is 249 g/mol. The van der Waals surface area contributed by atoms with E-state index < -0.39 is 0 Å². The molecule has 1 aromatic heterocycles. The van der Waals surface area contributed by atoms with E-state index in [2.05, 4.69) is 16.8 Å². The quantitative estimate of drug-likeness (QED) is 0.829. The number of hydrogen-bond acceptors (Lipinski definition) is 4. The standard InChI is InChI=1S/C14H23N3O/c1-2-12-7-14(9-16-8-12)18-11-13(15)10-17-5-3-4-6-17/h7-9,13H,2-6,10-11,15H2,1H3/t13-/m0/s1. The number of aryl methyl sites for hydroxylation is 1. The van der Waals surface area contributed by atoms with Gasteiger partial charge in [0.2, 0.25) is 0 Å². The lowest BCUT2D eigenvalue weighted by molar-refractivity contribution is 0.236. The van der Waals surface area contributed by atoms with Gasteiger partial charge in [-0.2, -0.15) is 0 Å². The first kappa shape index (κ1) is 13.3. The summed E-state index contributed by atoms with van der Waals surface area (Å²) < 4.78 is 5.71. The van der Waals surface area contributed by atoms with Gasteiger partial charge in [0.25, 0.3) is 0 Å². The van der Waals surface area contributed by atoms with Gasteiger partial charge in [-0.3, -0.25) is 4.98 Å². The molecule has 1 aliphatic rings. The molecule has 2 rings (SSSR count). The topological polar surface area (TPSA) is 51.4 Å². The third kappa shape index (κ3) is 3.96. The lowest BCUT2D eigenvalue weighted by atomic mass is 10.2. The van der Waals surface area contributed by atoms with Crippen LogP contribution in [-0.2, 0) is 6.42 Å². The zero-order valence-corrected chi connectivity index (χ0v) is 11.1. The van der Waals surface area contributed by atoms with E-state index in [1.165, 1.54) is 31.5 Å². The van der Waals surface area contributed by atoms with E-state index in [0.717, 1.165) is 18.7 Å². The molecule has 1 atom stereocenters. The van der Waals surface area contributed by atoms with Crippen LogP contribution in [0, 0.1) is 0 Å². The zero-order chi connectivity index (χ0) is 12.8. The molecule has 0 spiro atoms. The number of hydrogen-bond donors (Lipinski definition) is 1. The Kier molecular flexibility index (Phi) is 4.96. The molecule has 0 bridgehead atoms. The predicted molar refractivity (Wildman–Crippen MR) is 72.8 cm³/mol. The van der Waals surface area contributed by atoms with Crippen molar-refractivity contribution in [1.82, 2.24) is 9.88 Å². The lowest BCUT2D eigenvalue weighted by Crippen LogP contribution is -2.40. The number of nitrogens with zero attached hydrogens (tertiary/aromatic N) is 2. The molecule has 2 heterocycles. The molecule has 0 aromatic carbocycles. The number of rotatable bonds is 6. The first-order valence-corrected chi connectivity index (χ1v) is 6.82. The largest absolute Gasteiger partial charge is 0.490 e. The SMILES string of the molecule is CCc1cncc(OC[C@@H](N)CN2CCCC2)c1. The highest BCUT2D eigenvalue weighted by Gasteiger charge is 2.15. The van der Waals surface area contributed by atoms with Crippen molar-refractivity contribution < 1.29 is 4.74 Å². The van der Waals surface area contributed by atoms with Crippen LogP contribution in [0.25, 0.3) is 0 Å². The number of likely N-dealkylation sites (tertiary alicyclic amines) is 1. The first-order chi connectivity index (χ1) is 8.78. The summed E-state index contributed by atoms with van der Waals surface area (Å²) in [7, 11) is 0. The molecule has 4 nitrogen and oxygen atoms in total. The van der Waals surface area contributed by atoms with Crippen LogP contribution in [0.2, 0.25) is 0 Å². The van der Waals surface area contributed by atoms with Crippen LogP contribution in [-0.4, -0.2) is 42.2 Å². The smallest absolute Gasteiger partial charge is 0.137 e. The lowest BCUT2D eigenvalue weighted by Gasteiger charge is -2.20. The molecule has 2 N–H and O–H groups in total. The van der Waals surface area contributed by atoms with Crippen LogP contribution in [0.15, 0.2) is 18.5 Å². The number of ether oxygens (including phenoxy) is 1. The summed E-state index contributed by atoms with van der Waals surface area (Å²) in [6, 6.07) is 2.11. The number of nitrogens with two attached hydrogens (primary N) is 1. The summed E-state index contributed by atoms with van der Waals surface area (Å²) in [6.45, 7) is 5.97. The normalized spacial score (nSPS) is 17.9. The van der Waals surface area contributed by atoms with Gasteiger partial charge in [-0.25, -0.2) is 0 Å². The molecular formula is C14H23N3O. The zero-order valence-electron chi connectivity index (χ0n) is 11.1. The Labute approximate surface area is 109 Å². The molecule has 1 saturated heterocycles. The third-order valence-electron chi connectivity index (χ3n) is 3.33. The van der Waals surface area contributed by atoms with Gasteiger partial charge in [0.1, 0.15) is 12.4 Å². The van der Waals surface area contributed by atoms with Gasteiger partial charge in [-0.1, -0.05) is 6.92 Å². The highest BCUT2D eigenvalue weighted by molar-refractivity contribution is 5.23. The summed E-state index contributed by atoms with van der Waals surface area (Å²) >= 11 is 0. The fraction of sp³-hybridized carbons (Fsp3) is 0.643. The van der Waals surface area contributed by atoms with Gasteiger partial charge in [0.05, 0.1) is 12.2 Å². The van der Waals surface area contributed by atoms with Gasteiger partial charge >= 0.3 is 0 Å². The highest BCUT2D eigenvalue weighted by atomic mass is 16.5. The minimum Gasteiger partial charge on any atom is -0.490 e. The Morgan fingerprint density at radius 2 is 2.17 bits per heavy atom. The second-order valence-electron chi connectivity index (χ2n) is 4.96. The minimum atomic E-state index is 0.0772. The van der Waals surface area contributed by atoms with Gasteiger partial charge in [-0.15, -0.1) is 0 Å². The summed E-state index contributed by atoms with van der Waals surface area (Å²) in [4.78, 5) is 6.57. The second-order valence-corrected chi connectivity index (χ2v) is 4.96. The summed E-state index contributed by atoms with van der Waals surface area (Å²) in [6.07, 6.45) is 7.20. The fourth-order valence-corrected chi connectivity index (χ4v) is 2.29. The Bertz CT molecular complexity index is 364. The molecule has 0 saturated carbocycles. The van der Waals surface area contributed by atoms with Crippen molar-refractivity contribution in [2.75, 3.05) is 26.2 Å².